The molecule has 2 heterocycles. The van der Waals surface area contributed by atoms with E-state index in [0.717, 1.165) is 47.8 Å². The molecule has 7 nitrogen and oxygen atoms in total. The Kier molecular flexibility index (Phi) is 7.86. The van der Waals surface area contributed by atoms with Crippen LogP contribution in [0.4, 0.5) is 0 Å². The standard InChI is InChI=1S/C31H36N4O3S/c1-30(20-25-21-33-27-15-7-6-14-26(25)27,35-39(37,38)22-24-12-4-2-5-13-24)29(36)34-23-31(17-9-3-10-18-31)28-16-8-11-19-32-28/h2,4-8,11-16,19,21,33,35H,3,9-10,17-18,20,22-23H2,1H3,(H,34,36). The SMILES string of the molecule is CC(Cc1c[nH]c2ccccc12)(NS(=O)(=O)Cc1ccccc1)C(=O)NCC1(c2ccccn2)CCCCC1. The Bertz CT molecular complexity index is 1510. The summed E-state index contributed by atoms with van der Waals surface area (Å²) in [6.45, 7) is 2.09. The summed E-state index contributed by atoms with van der Waals surface area (Å²) in [6, 6.07) is 22.8. The van der Waals surface area contributed by atoms with Crippen LogP contribution in [0.3, 0.4) is 0 Å². The van der Waals surface area contributed by atoms with Gasteiger partial charge in [0.2, 0.25) is 15.9 Å². The Labute approximate surface area is 230 Å². The number of hydrogen-bond acceptors (Lipinski definition) is 4. The molecule has 1 aliphatic rings. The number of nitrogens with zero attached hydrogens (tertiary/aromatic N) is 1. The molecule has 1 unspecified atom stereocenters. The second kappa shape index (κ2) is 11.3. The van der Waals surface area contributed by atoms with Gasteiger partial charge in [-0.1, -0.05) is 73.9 Å². The van der Waals surface area contributed by atoms with Gasteiger partial charge < -0.3 is 10.3 Å². The number of benzene rings is 2. The first-order valence-corrected chi connectivity index (χ1v) is 15.2. The van der Waals surface area contributed by atoms with Gasteiger partial charge in [0, 0.05) is 47.4 Å². The molecule has 0 saturated heterocycles. The van der Waals surface area contributed by atoms with Crippen molar-refractivity contribution in [3.8, 4) is 0 Å². The molecule has 4 aromatic rings. The summed E-state index contributed by atoms with van der Waals surface area (Å²) in [7, 11) is -3.84. The van der Waals surface area contributed by atoms with E-state index >= 15 is 0 Å². The molecule has 204 valence electrons. The van der Waals surface area contributed by atoms with Crippen molar-refractivity contribution in [3.05, 3.63) is 102 Å². The fourth-order valence-corrected chi connectivity index (χ4v) is 7.42. The minimum Gasteiger partial charge on any atom is -0.361 e. The van der Waals surface area contributed by atoms with Crippen molar-refractivity contribution in [2.24, 2.45) is 0 Å². The lowest BCUT2D eigenvalue weighted by Gasteiger charge is -2.38. The van der Waals surface area contributed by atoms with Crippen molar-refractivity contribution < 1.29 is 13.2 Å². The number of rotatable bonds is 10. The van der Waals surface area contributed by atoms with Gasteiger partial charge in [0.1, 0.15) is 5.54 Å². The molecule has 1 fully saturated rings. The maximum absolute atomic E-state index is 14.0. The molecule has 0 radical (unpaired) electrons. The zero-order valence-electron chi connectivity index (χ0n) is 22.3. The maximum Gasteiger partial charge on any atom is 0.241 e. The number of amides is 1. The van der Waals surface area contributed by atoms with Crippen LogP contribution in [0.2, 0.25) is 0 Å². The summed E-state index contributed by atoms with van der Waals surface area (Å²) in [5.74, 6) is -0.548. The van der Waals surface area contributed by atoms with Crippen LogP contribution in [0.1, 0.15) is 55.8 Å². The lowest BCUT2D eigenvalue weighted by Crippen LogP contribution is -2.59. The minimum absolute atomic E-state index is 0.202. The Hall–Kier alpha value is -3.49. The number of fused-ring (bicyclic) bond motifs is 1. The summed E-state index contributed by atoms with van der Waals surface area (Å²) in [5, 5.41) is 4.13. The van der Waals surface area contributed by atoms with Gasteiger partial charge >= 0.3 is 0 Å². The predicted octanol–water partition coefficient (Wildman–Crippen LogP) is 5.00. The molecule has 2 aromatic carbocycles. The normalized spacial score (nSPS) is 16.9. The third-order valence-electron chi connectivity index (χ3n) is 7.91. The molecule has 39 heavy (non-hydrogen) atoms. The third-order valence-corrected chi connectivity index (χ3v) is 9.38. The molecule has 1 saturated carbocycles. The number of carbonyl (C=O) groups is 1. The van der Waals surface area contributed by atoms with E-state index in [-0.39, 0.29) is 23.5 Å². The van der Waals surface area contributed by atoms with Crippen LogP contribution < -0.4 is 10.0 Å². The summed E-state index contributed by atoms with van der Waals surface area (Å²) < 4.78 is 29.6. The fourth-order valence-electron chi connectivity index (χ4n) is 5.87. The fraction of sp³-hybridized carbons (Fsp3) is 0.355. The first-order valence-electron chi connectivity index (χ1n) is 13.6. The lowest BCUT2D eigenvalue weighted by molar-refractivity contribution is -0.126. The molecule has 0 aliphatic heterocycles. The lowest BCUT2D eigenvalue weighted by atomic mass is 9.71. The first-order chi connectivity index (χ1) is 18.8. The topological polar surface area (TPSA) is 104 Å². The van der Waals surface area contributed by atoms with Crippen molar-refractivity contribution in [3.63, 3.8) is 0 Å². The van der Waals surface area contributed by atoms with Gasteiger partial charge in [0.15, 0.2) is 0 Å². The van der Waals surface area contributed by atoms with Crippen LogP contribution in [0.15, 0.2) is 85.2 Å². The molecule has 8 heteroatoms. The number of hydrogen-bond donors (Lipinski definition) is 3. The molecule has 0 spiro atoms. The zero-order chi connectivity index (χ0) is 27.3. The van der Waals surface area contributed by atoms with Gasteiger partial charge in [-0.05, 0) is 49.1 Å². The van der Waals surface area contributed by atoms with E-state index in [1.807, 2.05) is 66.9 Å². The summed E-state index contributed by atoms with van der Waals surface area (Å²) >= 11 is 0. The Morgan fingerprint density at radius 2 is 1.69 bits per heavy atom. The van der Waals surface area contributed by atoms with Crippen LogP contribution in [-0.4, -0.2) is 36.4 Å². The average Bonchev–Trinajstić information content (AvgIpc) is 3.35. The van der Waals surface area contributed by atoms with E-state index in [4.69, 9.17) is 0 Å². The summed E-state index contributed by atoms with van der Waals surface area (Å²) in [6.07, 6.45) is 9.04. The van der Waals surface area contributed by atoms with E-state index in [0.29, 0.717) is 12.1 Å². The van der Waals surface area contributed by atoms with Gasteiger partial charge in [0.05, 0.1) is 5.75 Å². The molecule has 5 rings (SSSR count). The number of para-hydroxylation sites is 1. The number of pyridine rings is 1. The van der Waals surface area contributed by atoms with Crippen LogP contribution >= 0.6 is 0 Å². The molecule has 1 aliphatic carbocycles. The molecule has 1 amide bonds. The van der Waals surface area contributed by atoms with Crippen molar-refractivity contribution in [1.82, 2.24) is 20.0 Å². The molecular formula is C31H36N4O3S. The summed E-state index contributed by atoms with van der Waals surface area (Å²) in [5.41, 5.74) is 1.80. The van der Waals surface area contributed by atoms with E-state index in [9.17, 15) is 13.2 Å². The van der Waals surface area contributed by atoms with E-state index in [1.165, 1.54) is 6.42 Å². The van der Waals surface area contributed by atoms with Gasteiger partial charge in [-0.25, -0.2) is 8.42 Å². The molecule has 3 N–H and O–H groups in total. The smallest absolute Gasteiger partial charge is 0.241 e. The van der Waals surface area contributed by atoms with Gasteiger partial charge in [0.25, 0.3) is 0 Å². The monoisotopic (exact) mass is 544 g/mol. The highest BCUT2D eigenvalue weighted by molar-refractivity contribution is 7.88. The average molecular weight is 545 g/mol. The number of aromatic amines is 1. The Balaban J connectivity index is 1.43. The highest BCUT2D eigenvalue weighted by Crippen LogP contribution is 2.38. The quantitative estimate of drug-likeness (QED) is 0.261. The van der Waals surface area contributed by atoms with E-state index in [1.54, 1.807) is 25.3 Å². The van der Waals surface area contributed by atoms with Crippen molar-refractivity contribution in [1.29, 1.82) is 0 Å². The van der Waals surface area contributed by atoms with Crippen LogP contribution in [0.5, 0.6) is 0 Å². The number of nitrogens with one attached hydrogen (secondary N) is 3. The number of sulfonamides is 1. The van der Waals surface area contributed by atoms with Crippen LogP contribution in [-0.2, 0) is 32.4 Å². The molecule has 1 atom stereocenters. The third kappa shape index (κ3) is 6.23. The van der Waals surface area contributed by atoms with Crippen molar-refractivity contribution >= 4 is 26.8 Å². The second-order valence-electron chi connectivity index (χ2n) is 11.0. The highest BCUT2D eigenvalue weighted by atomic mass is 32.2. The van der Waals surface area contributed by atoms with Crippen molar-refractivity contribution in [2.75, 3.05) is 6.54 Å². The zero-order valence-corrected chi connectivity index (χ0v) is 23.1. The number of H-pyrrole nitrogens is 1. The molecule has 0 bridgehead atoms. The number of carbonyl (C=O) groups excluding carboxylic acids is 1. The van der Waals surface area contributed by atoms with Gasteiger partial charge in [-0.2, -0.15) is 4.72 Å². The Morgan fingerprint density at radius 1 is 0.974 bits per heavy atom. The Morgan fingerprint density at radius 3 is 2.44 bits per heavy atom. The highest BCUT2D eigenvalue weighted by Gasteiger charge is 2.41. The maximum atomic E-state index is 14.0. The largest absolute Gasteiger partial charge is 0.361 e. The van der Waals surface area contributed by atoms with Crippen LogP contribution in [0, 0.1) is 0 Å². The minimum atomic E-state index is -3.84. The van der Waals surface area contributed by atoms with Gasteiger partial charge in [-0.15, -0.1) is 0 Å². The summed E-state index contributed by atoms with van der Waals surface area (Å²) in [4.78, 5) is 21.9. The van der Waals surface area contributed by atoms with E-state index in [2.05, 4.69) is 20.0 Å². The second-order valence-corrected chi connectivity index (χ2v) is 12.7. The molecule has 2 aromatic heterocycles. The molecular weight excluding hydrogens is 508 g/mol. The number of aromatic nitrogens is 2. The van der Waals surface area contributed by atoms with E-state index < -0.39 is 15.6 Å². The van der Waals surface area contributed by atoms with Crippen LogP contribution in [0.25, 0.3) is 10.9 Å². The van der Waals surface area contributed by atoms with Gasteiger partial charge in [-0.3, -0.25) is 9.78 Å². The first kappa shape index (κ1) is 27.1. The van der Waals surface area contributed by atoms with Crippen molar-refractivity contribution in [2.45, 2.75) is 62.2 Å². The predicted molar refractivity (Wildman–Crippen MR) is 155 cm³/mol.